The SMILES string of the molecule is CCC1(C(=O)O)CCN(C(=O)NC2CCCNC2=O)CC1. The number of carbonyl (C=O) groups excluding carboxylic acids is 2. The van der Waals surface area contributed by atoms with Crippen LogP contribution in [0.3, 0.4) is 0 Å². The Hall–Kier alpha value is -1.79. The molecule has 118 valence electrons. The maximum Gasteiger partial charge on any atom is 0.318 e. The van der Waals surface area contributed by atoms with E-state index in [2.05, 4.69) is 10.6 Å². The molecular weight excluding hydrogens is 274 g/mol. The minimum atomic E-state index is -0.781. The molecule has 0 radical (unpaired) electrons. The Morgan fingerprint density at radius 2 is 2.10 bits per heavy atom. The topological polar surface area (TPSA) is 98.7 Å². The van der Waals surface area contributed by atoms with Crippen LogP contribution in [0, 0.1) is 5.41 Å². The van der Waals surface area contributed by atoms with Crippen molar-refractivity contribution in [1.82, 2.24) is 15.5 Å². The Morgan fingerprint density at radius 3 is 2.62 bits per heavy atom. The number of aliphatic carboxylic acids is 1. The third-order valence-corrected chi connectivity index (χ3v) is 4.72. The van der Waals surface area contributed by atoms with Crippen LogP contribution in [0.4, 0.5) is 4.79 Å². The van der Waals surface area contributed by atoms with Crippen molar-refractivity contribution in [3.63, 3.8) is 0 Å². The molecule has 2 aliphatic rings. The van der Waals surface area contributed by atoms with E-state index in [4.69, 9.17) is 0 Å². The number of nitrogens with zero attached hydrogens (tertiary/aromatic N) is 1. The van der Waals surface area contributed by atoms with Crippen LogP contribution in [-0.2, 0) is 9.59 Å². The smallest absolute Gasteiger partial charge is 0.318 e. The molecule has 2 saturated heterocycles. The zero-order valence-electron chi connectivity index (χ0n) is 12.4. The summed E-state index contributed by atoms with van der Waals surface area (Å²) >= 11 is 0. The predicted octanol–water partition coefficient (Wildman–Crippen LogP) is 0.551. The molecule has 0 aromatic carbocycles. The van der Waals surface area contributed by atoms with Crippen LogP contribution < -0.4 is 10.6 Å². The second-order valence-corrected chi connectivity index (χ2v) is 5.86. The summed E-state index contributed by atoms with van der Waals surface area (Å²) in [5, 5.41) is 14.8. The van der Waals surface area contributed by atoms with Crippen molar-refractivity contribution < 1.29 is 19.5 Å². The zero-order valence-corrected chi connectivity index (χ0v) is 12.4. The zero-order chi connectivity index (χ0) is 15.5. The van der Waals surface area contributed by atoms with Gasteiger partial charge in [-0.15, -0.1) is 0 Å². The second kappa shape index (κ2) is 6.32. The molecule has 7 nitrogen and oxygen atoms in total. The lowest BCUT2D eigenvalue weighted by atomic mass is 9.76. The number of rotatable bonds is 3. The molecule has 7 heteroatoms. The van der Waals surface area contributed by atoms with Crippen molar-refractivity contribution >= 4 is 17.9 Å². The van der Waals surface area contributed by atoms with Gasteiger partial charge in [-0.1, -0.05) is 6.92 Å². The number of piperidine rings is 2. The number of nitrogens with one attached hydrogen (secondary N) is 2. The number of hydrogen-bond donors (Lipinski definition) is 3. The minimum absolute atomic E-state index is 0.139. The Balaban J connectivity index is 1.88. The summed E-state index contributed by atoms with van der Waals surface area (Å²) in [5.74, 6) is -0.920. The van der Waals surface area contributed by atoms with Gasteiger partial charge in [0.2, 0.25) is 5.91 Å². The third-order valence-electron chi connectivity index (χ3n) is 4.72. The lowest BCUT2D eigenvalue weighted by Gasteiger charge is -2.38. The van der Waals surface area contributed by atoms with Crippen LogP contribution in [0.25, 0.3) is 0 Å². The average molecular weight is 297 g/mol. The van der Waals surface area contributed by atoms with Gasteiger partial charge in [-0.3, -0.25) is 9.59 Å². The van der Waals surface area contributed by atoms with Gasteiger partial charge < -0.3 is 20.6 Å². The van der Waals surface area contributed by atoms with Crippen LogP contribution in [0.2, 0.25) is 0 Å². The fourth-order valence-corrected chi connectivity index (χ4v) is 3.01. The molecule has 0 spiro atoms. The Morgan fingerprint density at radius 1 is 1.43 bits per heavy atom. The molecule has 2 rings (SSSR count). The number of carbonyl (C=O) groups is 3. The molecule has 21 heavy (non-hydrogen) atoms. The Kier molecular flexibility index (Phi) is 4.69. The summed E-state index contributed by atoms with van der Waals surface area (Å²) < 4.78 is 0. The van der Waals surface area contributed by atoms with E-state index in [1.807, 2.05) is 6.92 Å². The summed E-state index contributed by atoms with van der Waals surface area (Å²) in [6, 6.07) is -0.740. The van der Waals surface area contributed by atoms with Crippen molar-refractivity contribution in [2.45, 2.75) is 45.1 Å². The third kappa shape index (κ3) is 3.28. The van der Waals surface area contributed by atoms with E-state index in [9.17, 15) is 19.5 Å². The molecule has 0 aromatic heterocycles. The first-order valence-corrected chi connectivity index (χ1v) is 7.55. The number of urea groups is 1. The van der Waals surface area contributed by atoms with E-state index < -0.39 is 17.4 Å². The van der Waals surface area contributed by atoms with Crippen LogP contribution in [0.5, 0.6) is 0 Å². The lowest BCUT2D eigenvalue weighted by molar-refractivity contribution is -0.151. The average Bonchev–Trinajstić information content (AvgIpc) is 2.49. The summed E-state index contributed by atoms with van der Waals surface area (Å²) in [6.45, 7) is 3.36. The van der Waals surface area contributed by atoms with Gasteiger partial charge in [0, 0.05) is 19.6 Å². The molecule has 2 aliphatic heterocycles. The van der Waals surface area contributed by atoms with Gasteiger partial charge in [-0.05, 0) is 32.1 Å². The first-order valence-electron chi connectivity index (χ1n) is 7.55. The lowest BCUT2D eigenvalue weighted by Crippen LogP contribution is -2.56. The van der Waals surface area contributed by atoms with E-state index in [1.54, 1.807) is 4.90 Å². The van der Waals surface area contributed by atoms with Crippen molar-refractivity contribution in [3.05, 3.63) is 0 Å². The molecule has 1 unspecified atom stereocenters. The summed E-state index contributed by atoms with van der Waals surface area (Å²) in [4.78, 5) is 36.8. The largest absolute Gasteiger partial charge is 0.481 e. The molecule has 0 aliphatic carbocycles. The highest BCUT2D eigenvalue weighted by molar-refractivity contribution is 5.87. The summed E-state index contributed by atoms with van der Waals surface area (Å²) in [5.41, 5.74) is -0.709. The minimum Gasteiger partial charge on any atom is -0.481 e. The molecule has 0 aromatic rings. The maximum absolute atomic E-state index is 12.2. The maximum atomic E-state index is 12.2. The van der Waals surface area contributed by atoms with E-state index in [0.29, 0.717) is 45.3 Å². The highest BCUT2D eigenvalue weighted by Gasteiger charge is 2.41. The van der Waals surface area contributed by atoms with E-state index in [0.717, 1.165) is 6.42 Å². The fourth-order valence-electron chi connectivity index (χ4n) is 3.01. The number of carboxylic acid groups (broad SMARTS) is 1. The quantitative estimate of drug-likeness (QED) is 0.708. The van der Waals surface area contributed by atoms with Gasteiger partial charge in [0.1, 0.15) is 6.04 Å². The molecule has 0 saturated carbocycles. The predicted molar refractivity (Wildman–Crippen MR) is 75.7 cm³/mol. The highest BCUT2D eigenvalue weighted by atomic mass is 16.4. The monoisotopic (exact) mass is 297 g/mol. The Labute approximate surface area is 124 Å². The first-order chi connectivity index (χ1) is 9.98. The second-order valence-electron chi connectivity index (χ2n) is 5.86. The fraction of sp³-hybridized carbons (Fsp3) is 0.786. The summed E-state index contributed by atoms with van der Waals surface area (Å²) in [6.07, 6.45) is 3.00. The molecule has 0 bridgehead atoms. The van der Waals surface area contributed by atoms with Crippen LogP contribution in [-0.4, -0.2) is 53.6 Å². The molecule has 1 atom stereocenters. The van der Waals surface area contributed by atoms with Crippen LogP contribution in [0.1, 0.15) is 39.0 Å². The van der Waals surface area contributed by atoms with Crippen molar-refractivity contribution in [1.29, 1.82) is 0 Å². The van der Waals surface area contributed by atoms with Gasteiger partial charge in [0.25, 0.3) is 0 Å². The van der Waals surface area contributed by atoms with Crippen molar-refractivity contribution in [2.75, 3.05) is 19.6 Å². The number of amides is 3. The Bertz CT molecular complexity index is 430. The molecule has 3 N–H and O–H groups in total. The number of likely N-dealkylation sites (tertiary alicyclic amines) is 1. The van der Waals surface area contributed by atoms with Gasteiger partial charge >= 0.3 is 12.0 Å². The van der Waals surface area contributed by atoms with Gasteiger partial charge in [0.05, 0.1) is 5.41 Å². The molecule has 3 amide bonds. The number of carboxylic acids is 1. The molecule has 2 fully saturated rings. The summed E-state index contributed by atoms with van der Waals surface area (Å²) in [7, 11) is 0. The van der Waals surface area contributed by atoms with Gasteiger partial charge in [0.15, 0.2) is 0 Å². The van der Waals surface area contributed by atoms with Crippen molar-refractivity contribution in [3.8, 4) is 0 Å². The van der Waals surface area contributed by atoms with Crippen molar-refractivity contribution in [2.24, 2.45) is 5.41 Å². The van der Waals surface area contributed by atoms with Gasteiger partial charge in [-0.2, -0.15) is 0 Å². The number of hydrogen-bond acceptors (Lipinski definition) is 3. The standard InChI is InChI=1S/C14H23N3O4/c1-2-14(12(19)20)5-8-17(9-6-14)13(21)16-10-4-3-7-15-11(10)18/h10H,2-9H2,1H3,(H,15,18)(H,16,21)(H,19,20). The molecule has 2 heterocycles. The van der Waals surface area contributed by atoms with E-state index >= 15 is 0 Å². The van der Waals surface area contributed by atoms with Gasteiger partial charge in [-0.25, -0.2) is 4.79 Å². The molecular formula is C14H23N3O4. The van der Waals surface area contributed by atoms with E-state index in [1.165, 1.54) is 0 Å². The normalized spacial score (nSPS) is 25.1. The van der Waals surface area contributed by atoms with Crippen LogP contribution >= 0.6 is 0 Å². The van der Waals surface area contributed by atoms with Crippen LogP contribution in [0.15, 0.2) is 0 Å². The van der Waals surface area contributed by atoms with E-state index in [-0.39, 0.29) is 11.9 Å². The first kappa shape index (κ1) is 15.6. The highest BCUT2D eigenvalue weighted by Crippen LogP contribution is 2.35.